The average Bonchev–Trinajstić information content (AvgIpc) is 2.73. The lowest BCUT2D eigenvalue weighted by Gasteiger charge is -2.36. The van der Waals surface area contributed by atoms with E-state index >= 15 is 0 Å². The Morgan fingerprint density at radius 1 is 1.10 bits per heavy atom. The number of benzene rings is 2. The Balaban J connectivity index is 1.81. The van der Waals surface area contributed by atoms with Crippen molar-refractivity contribution in [3.63, 3.8) is 0 Å². The van der Waals surface area contributed by atoms with Crippen molar-refractivity contribution in [2.24, 2.45) is 0 Å². The van der Waals surface area contributed by atoms with Crippen LogP contribution in [0.25, 0.3) is 0 Å². The van der Waals surface area contributed by atoms with Crippen molar-refractivity contribution >= 4 is 11.8 Å². The first kappa shape index (κ1) is 20.0. The van der Waals surface area contributed by atoms with Crippen molar-refractivity contribution in [1.82, 2.24) is 5.32 Å². The van der Waals surface area contributed by atoms with Gasteiger partial charge in [-0.3, -0.25) is 4.79 Å². The number of esters is 1. The van der Waals surface area contributed by atoms with Crippen LogP contribution in [0, 0.1) is 0 Å². The summed E-state index contributed by atoms with van der Waals surface area (Å²) in [6.07, 6.45) is 1.07. The van der Waals surface area contributed by atoms with E-state index in [4.69, 9.17) is 4.74 Å². The van der Waals surface area contributed by atoms with Crippen LogP contribution in [0.2, 0.25) is 0 Å². The molecular formula is C25H25NO4. The standard InChI is InChI=1S/C25H25NO4/c1-3-30-25(29)22-15(2)26-20-13-18(16-8-5-4-6-9-16)14-21(28)24(20)23(22)17-10-7-11-19(27)12-17/h4-12,18,23,26-27H,3,13-14H2,1-2H3/t18-,23-/m1/s1. The Bertz CT molecular complexity index is 1050. The van der Waals surface area contributed by atoms with Gasteiger partial charge in [-0.15, -0.1) is 0 Å². The van der Waals surface area contributed by atoms with E-state index in [0.717, 1.165) is 11.3 Å². The molecule has 2 aliphatic rings. The summed E-state index contributed by atoms with van der Waals surface area (Å²) in [5.74, 6) is -0.802. The number of Topliss-reactive ketones (excluding diaryl/α,β-unsaturated/α-hetero) is 1. The summed E-state index contributed by atoms with van der Waals surface area (Å²) >= 11 is 0. The second-order valence-corrected chi connectivity index (χ2v) is 7.74. The number of rotatable bonds is 4. The van der Waals surface area contributed by atoms with Gasteiger partial charge in [0.1, 0.15) is 5.75 Å². The Morgan fingerprint density at radius 3 is 2.53 bits per heavy atom. The van der Waals surface area contributed by atoms with Crippen molar-refractivity contribution in [1.29, 1.82) is 0 Å². The molecule has 2 N–H and O–H groups in total. The third-order valence-corrected chi connectivity index (χ3v) is 5.80. The predicted molar refractivity (Wildman–Crippen MR) is 114 cm³/mol. The first-order valence-electron chi connectivity index (χ1n) is 10.2. The van der Waals surface area contributed by atoms with Gasteiger partial charge in [-0.05, 0) is 49.4 Å². The average molecular weight is 403 g/mol. The lowest BCUT2D eigenvalue weighted by Crippen LogP contribution is -2.36. The normalized spacial score (nSPS) is 21.2. The summed E-state index contributed by atoms with van der Waals surface area (Å²) in [6.45, 7) is 3.84. The molecule has 2 atom stereocenters. The second-order valence-electron chi connectivity index (χ2n) is 7.74. The molecule has 0 fully saturated rings. The number of hydrogen-bond acceptors (Lipinski definition) is 5. The molecule has 0 radical (unpaired) electrons. The van der Waals surface area contributed by atoms with E-state index in [1.54, 1.807) is 25.1 Å². The van der Waals surface area contributed by atoms with Gasteiger partial charge in [0.2, 0.25) is 0 Å². The van der Waals surface area contributed by atoms with Gasteiger partial charge < -0.3 is 15.2 Å². The minimum Gasteiger partial charge on any atom is -0.508 e. The molecule has 0 spiro atoms. The third-order valence-electron chi connectivity index (χ3n) is 5.80. The zero-order valence-corrected chi connectivity index (χ0v) is 17.1. The molecule has 4 rings (SSSR count). The molecule has 5 heteroatoms. The van der Waals surface area contributed by atoms with E-state index in [2.05, 4.69) is 5.32 Å². The predicted octanol–water partition coefficient (Wildman–Crippen LogP) is 4.32. The van der Waals surface area contributed by atoms with E-state index in [1.165, 1.54) is 0 Å². The van der Waals surface area contributed by atoms with Crippen LogP contribution in [0.4, 0.5) is 0 Å². The first-order chi connectivity index (χ1) is 14.5. The van der Waals surface area contributed by atoms with Gasteiger partial charge in [0.05, 0.1) is 12.2 Å². The van der Waals surface area contributed by atoms with E-state index in [1.807, 2.05) is 43.3 Å². The summed E-state index contributed by atoms with van der Waals surface area (Å²) in [5.41, 5.74) is 4.39. The fraction of sp³-hybridized carbons (Fsp3) is 0.280. The van der Waals surface area contributed by atoms with E-state index < -0.39 is 11.9 Å². The number of nitrogens with one attached hydrogen (secondary N) is 1. The molecule has 30 heavy (non-hydrogen) atoms. The van der Waals surface area contributed by atoms with Gasteiger partial charge in [-0.25, -0.2) is 4.79 Å². The SMILES string of the molecule is CCOC(=O)C1=C(C)NC2=C(C(=O)C[C@H](c3ccccc3)C2)[C@@H]1c1cccc(O)c1. The van der Waals surface area contributed by atoms with Crippen molar-refractivity contribution in [2.45, 2.75) is 38.5 Å². The van der Waals surface area contributed by atoms with Crippen LogP contribution in [0.15, 0.2) is 77.1 Å². The quantitative estimate of drug-likeness (QED) is 0.744. The topological polar surface area (TPSA) is 75.6 Å². The molecule has 0 saturated heterocycles. The van der Waals surface area contributed by atoms with Crippen molar-refractivity contribution in [3.8, 4) is 5.75 Å². The smallest absolute Gasteiger partial charge is 0.336 e. The molecule has 154 valence electrons. The highest BCUT2D eigenvalue weighted by atomic mass is 16.5. The van der Waals surface area contributed by atoms with Crippen LogP contribution in [0.1, 0.15) is 49.7 Å². The second kappa shape index (κ2) is 8.19. The number of dihydropyridines is 1. The maximum atomic E-state index is 13.4. The lowest BCUT2D eigenvalue weighted by atomic mass is 9.71. The monoisotopic (exact) mass is 403 g/mol. The highest BCUT2D eigenvalue weighted by molar-refractivity contribution is 6.04. The van der Waals surface area contributed by atoms with Crippen LogP contribution in [-0.4, -0.2) is 23.5 Å². The molecule has 1 aliphatic carbocycles. The van der Waals surface area contributed by atoms with E-state index in [-0.39, 0.29) is 24.1 Å². The van der Waals surface area contributed by atoms with Crippen LogP contribution in [0.3, 0.4) is 0 Å². The van der Waals surface area contributed by atoms with Crippen LogP contribution < -0.4 is 5.32 Å². The van der Waals surface area contributed by atoms with Crippen LogP contribution >= 0.6 is 0 Å². The number of aromatic hydroxyl groups is 1. The van der Waals surface area contributed by atoms with Crippen molar-refractivity contribution in [3.05, 3.63) is 88.3 Å². The largest absolute Gasteiger partial charge is 0.508 e. The van der Waals surface area contributed by atoms with Crippen molar-refractivity contribution in [2.75, 3.05) is 6.61 Å². The number of phenolic OH excluding ortho intramolecular Hbond substituents is 1. The summed E-state index contributed by atoms with van der Waals surface area (Å²) in [7, 11) is 0. The first-order valence-corrected chi connectivity index (χ1v) is 10.2. The summed E-state index contributed by atoms with van der Waals surface area (Å²) in [5, 5.41) is 13.4. The fourth-order valence-electron chi connectivity index (χ4n) is 4.52. The number of carbonyl (C=O) groups is 2. The summed E-state index contributed by atoms with van der Waals surface area (Å²) < 4.78 is 5.31. The van der Waals surface area contributed by atoms with Crippen LogP contribution in [0.5, 0.6) is 5.75 Å². The summed E-state index contributed by atoms with van der Waals surface area (Å²) in [6, 6.07) is 16.8. The minimum atomic E-state index is -0.559. The third kappa shape index (κ3) is 3.63. The highest BCUT2D eigenvalue weighted by Gasteiger charge is 2.41. The zero-order valence-electron chi connectivity index (χ0n) is 17.1. The molecule has 0 amide bonds. The Hall–Kier alpha value is -3.34. The van der Waals surface area contributed by atoms with Gasteiger partial charge in [-0.2, -0.15) is 0 Å². The molecule has 5 nitrogen and oxygen atoms in total. The van der Waals surface area contributed by atoms with Gasteiger partial charge in [0.15, 0.2) is 5.78 Å². The van der Waals surface area contributed by atoms with E-state index in [0.29, 0.717) is 35.2 Å². The maximum absolute atomic E-state index is 13.4. The molecular weight excluding hydrogens is 378 g/mol. The number of hydrogen-bond donors (Lipinski definition) is 2. The van der Waals surface area contributed by atoms with Gasteiger partial charge in [-0.1, -0.05) is 42.5 Å². The molecule has 1 heterocycles. The zero-order chi connectivity index (χ0) is 21.3. The molecule has 0 saturated carbocycles. The molecule has 0 aromatic heterocycles. The lowest BCUT2D eigenvalue weighted by molar-refractivity contribution is -0.138. The number of allylic oxidation sites excluding steroid dienone is 3. The molecule has 0 unspecified atom stereocenters. The van der Waals surface area contributed by atoms with Gasteiger partial charge in [0, 0.05) is 29.3 Å². The number of carbonyl (C=O) groups excluding carboxylic acids is 2. The molecule has 2 aromatic carbocycles. The van der Waals surface area contributed by atoms with Gasteiger partial charge >= 0.3 is 5.97 Å². The minimum absolute atomic E-state index is 0.0141. The van der Waals surface area contributed by atoms with Crippen molar-refractivity contribution < 1.29 is 19.4 Å². The number of phenols is 1. The Labute approximate surface area is 176 Å². The Kier molecular flexibility index (Phi) is 5.44. The fourth-order valence-corrected chi connectivity index (χ4v) is 4.52. The molecule has 0 bridgehead atoms. The highest BCUT2D eigenvalue weighted by Crippen LogP contribution is 2.46. The summed E-state index contributed by atoms with van der Waals surface area (Å²) in [4.78, 5) is 26.2. The Morgan fingerprint density at radius 2 is 1.83 bits per heavy atom. The molecule has 1 aliphatic heterocycles. The van der Waals surface area contributed by atoms with Crippen LogP contribution in [-0.2, 0) is 14.3 Å². The van der Waals surface area contributed by atoms with Gasteiger partial charge in [0.25, 0.3) is 0 Å². The maximum Gasteiger partial charge on any atom is 0.336 e. The number of ether oxygens (including phenoxy) is 1. The molecule has 2 aromatic rings. The number of ketones is 1. The van der Waals surface area contributed by atoms with E-state index in [9.17, 15) is 14.7 Å².